The number of amidine groups is 1. The van der Waals surface area contributed by atoms with Crippen LogP contribution in [0.15, 0.2) is 4.99 Å². The highest BCUT2D eigenvalue weighted by Crippen LogP contribution is 2.17. The molecule has 66 valence electrons. The largest absolute Gasteiger partial charge is 0.349 e. The van der Waals surface area contributed by atoms with Crippen molar-refractivity contribution in [2.45, 2.75) is 0 Å². The van der Waals surface area contributed by atoms with E-state index in [4.69, 9.17) is 0 Å². The maximum absolute atomic E-state index is 10.9. The van der Waals surface area contributed by atoms with Crippen molar-refractivity contribution >= 4 is 22.0 Å². The van der Waals surface area contributed by atoms with Gasteiger partial charge in [0.05, 0.1) is 0 Å². The summed E-state index contributed by atoms with van der Waals surface area (Å²) >= 11 is 1.28. The fourth-order valence-electron chi connectivity index (χ4n) is 1.32. The summed E-state index contributed by atoms with van der Waals surface area (Å²) in [7, 11) is 0. The molecule has 1 N–H and O–H groups in total. The van der Waals surface area contributed by atoms with E-state index in [0.29, 0.717) is 6.54 Å². The Morgan fingerprint density at radius 1 is 1.42 bits per heavy atom. The van der Waals surface area contributed by atoms with E-state index >= 15 is 0 Å². The van der Waals surface area contributed by atoms with Crippen LogP contribution >= 0.6 is 11.8 Å². The second-order valence-electron chi connectivity index (χ2n) is 2.81. The van der Waals surface area contributed by atoms with Crippen LogP contribution in [0, 0.1) is 0 Å². The maximum Gasteiger partial charge on any atom is 0.218 e. The first-order chi connectivity index (χ1) is 5.86. The molecule has 0 aromatic carbocycles. The van der Waals surface area contributed by atoms with Crippen molar-refractivity contribution in [2.75, 3.05) is 32.7 Å². The molecule has 0 unspecified atom stereocenters. The first-order valence-corrected chi connectivity index (χ1v) is 4.89. The standard InChI is InChI=1S/C7H11N3OS/c11-6-5-9-7(12-6)10-3-1-8-2-4-10/h8H,1-5H2. The normalized spacial score (nSPS) is 24.5. The zero-order valence-corrected chi connectivity index (χ0v) is 7.56. The third-order valence-corrected chi connectivity index (χ3v) is 2.86. The molecule has 2 aliphatic rings. The van der Waals surface area contributed by atoms with Gasteiger partial charge < -0.3 is 10.2 Å². The van der Waals surface area contributed by atoms with Gasteiger partial charge in [0.1, 0.15) is 6.54 Å². The van der Waals surface area contributed by atoms with Gasteiger partial charge in [0, 0.05) is 26.2 Å². The lowest BCUT2D eigenvalue weighted by Gasteiger charge is -2.27. The number of carbonyl (C=O) groups is 1. The smallest absolute Gasteiger partial charge is 0.218 e. The lowest BCUT2D eigenvalue weighted by molar-refractivity contribution is -0.109. The monoisotopic (exact) mass is 185 g/mol. The molecular formula is C7H11N3OS. The predicted octanol–water partition coefficient (Wildman–Crippen LogP) is -0.479. The van der Waals surface area contributed by atoms with Crippen LogP contribution in [0.5, 0.6) is 0 Å². The highest BCUT2D eigenvalue weighted by atomic mass is 32.2. The molecule has 12 heavy (non-hydrogen) atoms. The zero-order chi connectivity index (χ0) is 8.39. The number of hydrogen-bond donors (Lipinski definition) is 1. The van der Waals surface area contributed by atoms with Crippen LogP contribution in [0.25, 0.3) is 0 Å². The molecule has 0 bridgehead atoms. The average molecular weight is 185 g/mol. The molecule has 0 aromatic heterocycles. The Morgan fingerprint density at radius 3 is 2.75 bits per heavy atom. The number of nitrogens with zero attached hydrogens (tertiary/aromatic N) is 2. The minimum absolute atomic E-state index is 0.170. The van der Waals surface area contributed by atoms with Gasteiger partial charge in [-0.15, -0.1) is 0 Å². The van der Waals surface area contributed by atoms with Crippen molar-refractivity contribution in [3.63, 3.8) is 0 Å². The Kier molecular flexibility index (Phi) is 2.32. The Hall–Kier alpha value is -0.550. The molecule has 2 rings (SSSR count). The Labute approximate surface area is 75.4 Å². The molecular weight excluding hydrogens is 174 g/mol. The van der Waals surface area contributed by atoms with Crippen LogP contribution in [0.2, 0.25) is 0 Å². The second kappa shape index (κ2) is 3.45. The fourth-order valence-corrected chi connectivity index (χ4v) is 2.09. The number of carbonyl (C=O) groups excluding carboxylic acids is 1. The molecule has 0 spiro atoms. The number of rotatable bonds is 0. The Morgan fingerprint density at radius 2 is 2.17 bits per heavy atom. The van der Waals surface area contributed by atoms with Crippen LogP contribution in [0.1, 0.15) is 0 Å². The number of thioether (sulfide) groups is 1. The van der Waals surface area contributed by atoms with Gasteiger partial charge in [0.2, 0.25) is 5.12 Å². The topological polar surface area (TPSA) is 44.7 Å². The van der Waals surface area contributed by atoms with Gasteiger partial charge in [-0.2, -0.15) is 0 Å². The lowest BCUT2D eigenvalue weighted by Crippen LogP contribution is -2.45. The van der Waals surface area contributed by atoms with Gasteiger partial charge in [-0.05, 0) is 11.8 Å². The van der Waals surface area contributed by atoms with E-state index < -0.39 is 0 Å². The van der Waals surface area contributed by atoms with Gasteiger partial charge in [-0.3, -0.25) is 9.79 Å². The van der Waals surface area contributed by atoms with Crippen LogP contribution in [-0.2, 0) is 4.79 Å². The molecule has 0 aliphatic carbocycles. The summed E-state index contributed by atoms with van der Waals surface area (Å²) in [4.78, 5) is 17.2. The first-order valence-electron chi connectivity index (χ1n) is 4.07. The number of piperazine rings is 1. The van der Waals surface area contributed by atoms with Crippen LogP contribution in [0.3, 0.4) is 0 Å². The molecule has 2 heterocycles. The van der Waals surface area contributed by atoms with Gasteiger partial charge in [0.25, 0.3) is 0 Å². The summed E-state index contributed by atoms with van der Waals surface area (Å²) in [6.45, 7) is 4.30. The first kappa shape index (κ1) is 8.07. The Balaban J connectivity index is 1.95. The van der Waals surface area contributed by atoms with Crippen molar-refractivity contribution in [3.8, 4) is 0 Å². The highest BCUT2D eigenvalue weighted by molar-refractivity contribution is 8.26. The van der Waals surface area contributed by atoms with E-state index in [9.17, 15) is 4.79 Å². The van der Waals surface area contributed by atoms with Crippen molar-refractivity contribution in [1.82, 2.24) is 10.2 Å². The van der Waals surface area contributed by atoms with Gasteiger partial charge in [-0.25, -0.2) is 0 Å². The van der Waals surface area contributed by atoms with Gasteiger partial charge >= 0.3 is 0 Å². The van der Waals surface area contributed by atoms with Crippen molar-refractivity contribution < 1.29 is 4.79 Å². The third-order valence-electron chi connectivity index (χ3n) is 1.94. The summed E-state index contributed by atoms with van der Waals surface area (Å²) in [5.74, 6) is 0. The van der Waals surface area contributed by atoms with E-state index in [1.165, 1.54) is 11.8 Å². The van der Waals surface area contributed by atoms with Crippen molar-refractivity contribution in [1.29, 1.82) is 0 Å². The number of nitrogens with one attached hydrogen (secondary N) is 1. The van der Waals surface area contributed by atoms with Crippen molar-refractivity contribution in [3.05, 3.63) is 0 Å². The molecule has 0 aromatic rings. The fraction of sp³-hybridized carbons (Fsp3) is 0.714. The van der Waals surface area contributed by atoms with E-state index in [1.807, 2.05) is 0 Å². The predicted molar refractivity (Wildman–Crippen MR) is 49.3 cm³/mol. The number of aliphatic imine (C=N–C) groups is 1. The second-order valence-corrected chi connectivity index (χ2v) is 3.83. The minimum Gasteiger partial charge on any atom is -0.349 e. The summed E-state index contributed by atoms with van der Waals surface area (Å²) in [6.07, 6.45) is 0. The van der Waals surface area contributed by atoms with E-state index in [-0.39, 0.29) is 5.12 Å². The van der Waals surface area contributed by atoms with Gasteiger partial charge in [-0.1, -0.05) is 0 Å². The van der Waals surface area contributed by atoms with E-state index in [0.717, 1.165) is 31.3 Å². The molecule has 4 nitrogen and oxygen atoms in total. The maximum atomic E-state index is 10.9. The summed E-state index contributed by atoms with van der Waals surface area (Å²) < 4.78 is 0. The SMILES string of the molecule is O=C1CN=C(N2CCNCC2)S1. The van der Waals surface area contributed by atoms with Crippen LogP contribution < -0.4 is 5.32 Å². The molecule has 0 radical (unpaired) electrons. The average Bonchev–Trinajstić information content (AvgIpc) is 2.54. The van der Waals surface area contributed by atoms with E-state index in [1.54, 1.807) is 0 Å². The molecule has 0 atom stereocenters. The zero-order valence-electron chi connectivity index (χ0n) is 6.75. The summed E-state index contributed by atoms with van der Waals surface area (Å²) in [5, 5.41) is 4.35. The van der Waals surface area contributed by atoms with E-state index in [2.05, 4.69) is 15.2 Å². The lowest BCUT2D eigenvalue weighted by atomic mass is 10.4. The molecule has 0 saturated carbocycles. The molecule has 1 saturated heterocycles. The molecule has 1 fully saturated rings. The summed E-state index contributed by atoms with van der Waals surface area (Å²) in [5.41, 5.74) is 0. The summed E-state index contributed by atoms with van der Waals surface area (Å²) in [6, 6.07) is 0. The van der Waals surface area contributed by atoms with Crippen LogP contribution in [0.4, 0.5) is 0 Å². The van der Waals surface area contributed by atoms with Gasteiger partial charge in [0.15, 0.2) is 5.17 Å². The minimum atomic E-state index is 0.170. The molecule has 0 amide bonds. The molecule has 5 heteroatoms. The Bertz CT molecular complexity index is 223. The molecule has 2 aliphatic heterocycles. The quantitative estimate of drug-likeness (QED) is 0.553. The third kappa shape index (κ3) is 1.61. The highest BCUT2D eigenvalue weighted by Gasteiger charge is 2.22. The van der Waals surface area contributed by atoms with Crippen LogP contribution in [-0.4, -0.2) is 47.9 Å². The van der Waals surface area contributed by atoms with Crippen molar-refractivity contribution in [2.24, 2.45) is 4.99 Å². The number of hydrogen-bond acceptors (Lipinski definition) is 5.